The minimum atomic E-state index is -0.223. The number of nitrogens with two attached hydrogens (primary N) is 1. The van der Waals surface area contributed by atoms with Crippen LogP contribution in [0, 0.1) is 0 Å². The van der Waals surface area contributed by atoms with Gasteiger partial charge in [0.25, 0.3) is 0 Å². The average molecular weight is 275 g/mol. The first-order chi connectivity index (χ1) is 9.70. The highest BCUT2D eigenvalue weighted by molar-refractivity contribution is 5.78. The number of nitrogens with zero attached hydrogens (tertiary/aromatic N) is 1. The average Bonchev–Trinajstić information content (AvgIpc) is 2.66. The van der Waals surface area contributed by atoms with Crippen molar-refractivity contribution in [2.45, 2.75) is 38.6 Å². The normalized spacial score (nSPS) is 15.8. The van der Waals surface area contributed by atoms with Gasteiger partial charge in [-0.2, -0.15) is 0 Å². The molecule has 0 saturated carbocycles. The van der Waals surface area contributed by atoms with Crippen molar-refractivity contribution in [1.82, 2.24) is 10.3 Å². The fourth-order valence-electron chi connectivity index (χ4n) is 2.52. The highest BCUT2D eigenvalue weighted by Gasteiger charge is 2.18. The first-order valence-electron chi connectivity index (χ1n) is 7.04. The van der Waals surface area contributed by atoms with Crippen LogP contribution in [-0.4, -0.2) is 23.3 Å². The fourth-order valence-corrected chi connectivity index (χ4v) is 2.52. The summed E-state index contributed by atoms with van der Waals surface area (Å²) < 4.78 is 0. The lowest BCUT2D eigenvalue weighted by atomic mass is 10.0. The third-order valence-corrected chi connectivity index (χ3v) is 3.66. The molecule has 108 valence electrons. The van der Waals surface area contributed by atoms with Gasteiger partial charge >= 0.3 is 0 Å². The van der Waals surface area contributed by atoms with Gasteiger partial charge in [0.05, 0.1) is 6.42 Å². The topological polar surface area (TPSA) is 75.4 Å². The summed E-state index contributed by atoms with van der Waals surface area (Å²) in [5.41, 5.74) is 4.09. The van der Waals surface area contributed by atoms with Crippen LogP contribution in [0.1, 0.15) is 36.8 Å². The molecule has 20 heavy (non-hydrogen) atoms. The first kappa shape index (κ1) is 14.5. The van der Waals surface area contributed by atoms with Crippen molar-refractivity contribution >= 4 is 11.8 Å². The van der Waals surface area contributed by atoms with Gasteiger partial charge in [0.2, 0.25) is 11.8 Å². The molecule has 2 amide bonds. The Kier molecular flexibility index (Phi) is 5.12. The molecule has 5 nitrogen and oxygen atoms in total. The van der Waals surface area contributed by atoms with E-state index >= 15 is 0 Å². The van der Waals surface area contributed by atoms with Crippen molar-refractivity contribution in [3.8, 4) is 0 Å². The second kappa shape index (κ2) is 7.05. The SMILES string of the molecule is NNC(=O)Cc1ccccc1CN1CCCCCC1=O. The van der Waals surface area contributed by atoms with Gasteiger partial charge in [-0.3, -0.25) is 15.0 Å². The van der Waals surface area contributed by atoms with Gasteiger partial charge in [0.15, 0.2) is 0 Å². The molecule has 1 saturated heterocycles. The summed E-state index contributed by atoms with van der Waals surface area (Å²) in [4.78, 5) is 25.4. The van der Waals surface area contributed by atoms with Crippen LogP contribution in [0.5, 0.6) is 0 Å². The first-order valence-corrected chi connectivity index (χ1v) is 7.04. The Morgan fingerprint density at radius 2 is 1.95 bits per heavy atom. The molecule has 1 aliphatic rings. The van der Waals surface area contributed by atoms with Crippen LogP contribution in [0.3, 0.4) is 0 Å². The molecule has 0 unspecified atom stereocenters. The van der Waals surface area contributed by atoms with E-state index in [-0.39, 0.29) is 18.2 Å². The Bertz CT molecular complexity index is 488. The maximum Gasteiger partial charge on any atom is 0.238 e. The van der Waals surface area contributed by atoms with Crippen LogP contribution in [0.15, 0.2) is 24.3 Å². The Hall–Kier alpha value is -1.88. The van der Waals surface area contributed by atoms with Crippen LogP contribution >= 0.6 is 0 Å². The number of likely N-dealkylation sites (tertiary alicyclic amines) is 1. The molecule has 3 N–H and O–H groups in total. The number of benzene rings is 1. The van der Waals surface area contributed by atoms with Crippen molar-refractivity contribution in [2.24, 2.45) is 5.84 Å². The minimum absolute atomic E-state index is 0.209. The van der Waals surface area contributed by atoms with Crippen molar-refractivity contribution in [3.63, 3.8) is 0 Å². The molecule has 0 aliphatic carbocycles. The zero-order valence-electron chi connectivity index (χ0n) is 11.6. The quantitative estimate of drug-likeness (QED) is 0.491. The third kappa shape index (κ3) is 3.81. The summed E-state index contributed by atoms with van der Waals surface area (Å²) in [7, 11) is 0. The van der Waals surface area contributed by atoms with Crippen LogP contribution in [0.4, 0.5) is 0 Å². The molecule has 5 heteroatoms. The molecule has 1 aliphatic heterocycles. The Labute approximate surface area is 119 Å². The summed E-state index contributed by atoms with van der Waals surface area (Å²) >= 11 is 0. The number of rotatable bonds is 4. The number of nitrogens with one attached hydrogen (secondary N) is 1. The van der Waals surface area contributed by atoms with E-state index in [9.17, 15) is 9.59 Å². The smallest absolute Gasteiger partial charge is 0.238 e. The van der Waals surface area contributed by atoms with E-state index in [4.69, 9.17) is 5.84 Å². The molecule has 0 spiro atoms. The van der Waals surface area contributed by atoms with Gasteiger partial charge in [-0.15, -0.1) is 0 Å². The zero-order valence-corrected chi connectivity index (χ0v) is 11.6. The molecular formula is C15H21N3O2. The second-order valence-electron chi connectivity index (χ2n) is 5.14. The number of hydrazine groups is 1. The van der Waals surface area contributed by atoms with E-state index in [0.29, 0.717) is 13.0 Å². The molecule has 2 rings (SSSR count). The monoisotopic (exact) mass is 275 g/mol. The van der Waals surface area contributed by atoms with Crippen LogP contribution in [0.2, 0.25) is 0 Å². The Balaban J connectivity index is 2.11. The Morgan fingerprint density at radius 3 is 2.70 bits per heavy atom. The van der Waals surface area contributed by atoms with E-state index < -0.39 is 0 Å². The summed E-state index contributed by atoms with van der Waals surface area (Å²) in [5, 5.41) is 0. The number of carbonyl (C=O) groups is 2. The third-order valence-electron chi connectivity index (χ3n) is 3.66. The van der Waals surface area contributed by atoms with Gasteiger partial charge in [0.1, 0.15) is 0 Å². The van der Waals surface area contributed by atoms with Gasteiger partial charge in [0, 0.05) is 19.5 Å². The van der Waals surface area contributed by atoms with E-state index in [1.54, 1.807) is 0 Å². The molecule has 1 aromatic rings. The van der Waals surface area contributed by atoms with Crippen LogP contribution in [0.25, 0.3) is 0 Å². The lowest BCUT2D eigenvalue weighted by molar-refractivity contribution is -0.131. The van der Waals surface area contributed by atoms with E-state index in [1.807, 2.05) is 29.2 Å². The van der Waals surface area contributed by atoms with Crippen LogP contribution in [-0.2, 0) is 22.6 Å². The minimum Gasteiger partial charge on any atom is -0.338 e. The molecular weight excluding hydrogens is 254 g/mol. The van der Waals surface area contributed by atoms with E-state index in [0.717, 1.165) is 36.9 Å². The van der Waals surface area contributed by atoms with Crippen molar-refractivity contribution in [1.29, 1.82) is 0 Å². The molecule has 1 fully saturated rings. The van der Waals surface area contributed by atoms with E-state index in [2.05, 4.69) is 5.43 Å². The maximum atomic E-state index is 12.0. The fraction of sp³-hybridized carbons (Fsp3) is 0.467. The molecule has 0 bridgehead atoms. The maximum absolute atomic E-state index is 12.0. The lowest BCUT2D eigenvalue weighted by Crippen LogP contribution is -2.33. The molecule has 0 aromatic heterocycles. The van der Waals surface area contributed by atoms with Gasteiger partial charge in [-0.25, -0.2) is 5.84 Å². The highest BCUT2D eigenvalue weighted by Crippen LogP contribution is 2.17. The molecule has 0 atom stereocenters. The summed E-state index contributed by atoms with van der Waals surface area (Å²) in [6.45, 7) is 1.38. The van der Waals surface area contributed by atoms with E-state index in [1.165, 1.54) is 0 Å². The molecule has 0 radical (unpaired) electrons. The second-order valence-corrected chi connectivity index (χ2v) is 5.14. The number of hydrogen-bond acceptors (Lipinski definition) is 3. The standard InChI is InChI=1S/C15H21N3O2/c16-17-14(19)10-12-6-3-4-7-13(12)11-18-9-5-1-2-8-15(18)20/h3-4,6-7H,1-2,5,8-11,16H2,(H,17,19). The predicted molar refractivity (Wildman–Crippen MR) is 76.4 cm³/mol. The molecule has 1 aromatic carbocycles. The number of amides is 2. The summed E-state index contributed by atoms with van der Waals surface area (Å²) in [5.74, 6) is 5.12. The molecule has 1 heterocycles. The van der Waals surface area contributed by atoms with Crippen molar-refractivity contribution < 1.29 is 9.59 Å². The lowest BCUT2D eigenvalue weighted by Gasteiger charge is -2.22. The summed E-state index contributed by atoms with van der Waals surface area (Å²) in [6, 6.07) is 7.71. The largest absolute Gasteiger partial charge is 0.338 e. The van der Waals surface area contributed by atoms with Gasteiger partial charge in [-0.05, 0) is 24.0 Å². The predicted octanol–water partition coefficient (Wildman–Crippen LogP) is 1.12. The number of hydrogen-bond donors (Lipinski definition) is 2. The highest BCUT2D eigenvalue weighted by atomic mass is 16.2. The van der Waals surface area contributed by atoms with Crippen molar-refractivity contribution in [3.05, 3.63) is 35.4 Å². The number of carbonyl (C=O) groups excluding carboxylic acids is 2. The van der Waals surface area contributed by atoms with Crippen molar-refractivity contribution in [2.75, 3.05) is 6.54 Å². The van der Waals surface area contributed by atoms with Gasteiger partial charge < -0.3 is 4.90 Å². The summed E-state index contributed by atoms with van der Waals surface area (Å²) in [6.07, 6.45) is 4.02. The van der Waals surface area contributed by atoms with Crippen LogP contribution < -0.4 is 11.3 Å². The van der Waals surface area contributed by atoms with Gasteiger partial charge in [-0.1, -0.05) is 30.7 Å². The zero-order chi connectivity index (χ0) is 14.4. The Morgan fingerprint density at radius 1 is 1.20 bits per heavy atom.